The maximum Gasteiger partial charge on any atom is 0.343 e. The van der Waals surface area contributed by atoms with Crippen molar-refractivity contribution < 1.29 is 19.4 Å². The summed E-state index contributed by atoms with van der Waals surface area (Å²) in [5.41, 5.74) is 3.76. The van der Waals surface area contributed by atoms with Crippen molar-refractivity contribution in [3.8, 4) is 5.75 Å². The van der Waals surface area contributed by atoms with E-state index in [0.29, 0.717) is 16.8 Å². The highest BCUT2D eigenvalue weighted by Gasteiger charge is 2.27. The molecular weight excluding hydrogens is 366 g/mol. The highest BCUT2D eigenvalue weighted by molar-refractivity contribution is 5.99. The molecule has 3 aromatic rings. The van der Waals surface area contributed by atoms with Crippen molar-refractivity contribution in [3.05, 3.63) is 94.5 Å². The molecule has 0 fully saturated rings. The third kappa shape index (κ3) is 4.82. The minimum absolute atomic E-state index is 0.0186. The van der Waals surface area contributed by atoms with E-state index in [1.165, 1.54) is 6.07 Å². The molecule has 0 saturated heterocycles. The summed E-state index contributed by atoms with van der Waals surface area (Å²) in [7, 11) is 0. The van der Waals surface area contributed by atoms with Crippen LogP contribution in [0.3, 0.4) is 0 Å². The topological polar surface area (TPSA) is 75.6 Å². The van der Waals surface area contributed by atoms with Crippen LogP contribution >= 0.6 is 0 Å². The number of benzene rings is 3. The van der Waals surface area contributed by atoms with Gasteiger partial charge in [-0.15, -0.1) is 0 Å². The van der Waals surface area contributed by atoms with Crippen molar-refractivity contribution in [3.63, 3.8) is 0 Å². The number of ether oxygens (including phenoxy) is 1. The first-order valence-electron chi connectivity index (χ1n) is 9.29. The van der Waals surface area contributed by atoms with Crippen LogP contribution in [0.15, 0.2) is 66.7 Å². The predicted octanol–water partition coefficient (Wildman–Crippen LogP) is 4.85. The van der Waals surface area contributed by atoms with E-state index in [2.05, 4.69) is 5.32 Å². The Labute approximate surface area is 170 Å². The molecule has 0 heterocycles. The van der Waals surface area contributed by atoms with Crippen molar-refractivity contribution in [2.24, 2.45) is 0 Å². The fourth-order valence-electron chi connectivity index (χ4n) is 3.15. The lowest BCUT2D eigenvalue weighted by molar-refractivity contribution is -0.125. The summed E-state index contributed by atoms with van der Waals surface area (Å²) in [5, 5.41) is 13.0. The van der Waals surface area contributed by atoms with Gasteiger partial charge in [0.25, 0.3) is 5.91 Å². The van der Waals surface area contributed by atoms with Gasteiger partial charge in [-0.2, -0.15) is 0 Å². The number of nitrogens with one attached hydrogen (secondary N) is 1. The molecule has 0 bridgehead atoms. The molecular formula is C24H23NO4. The van der Waals surface area contributed by atoms with Crippen LogP contribution < -0.4 is 5.32 Å². The van der Waals surface area contributed by atoms with Crippen LogP contribution in [0.2, 0.25) is 0 Å². The third-order valence-corrected chi connectivity index (χ3v) is 4.51. The molecule has 2 N–H and O–H groups in total. The lowest BCUT2D eigenvalue weighted by atomic mass is 10.1. The zero-order valence-corrected chi connectivity index (χ0v) is 16.6. The summed E-state index contributed by atoms with van der Waals surface area (Å²) in [4.78, 5) is 25.7. The average Bonchev–Trinajstić information content (AvgIpc) is 2.67. The summed E-state index contributed by atoms with van der Waals surface area (Å²) >= 11 is 0. The maximum atomic E-state index is 13.0. The van der Waals surface area contributed by atoms with Crippen LogP contribution in [-0.2, 0) is 9.53 Å². The Morgan fingerprint density at radius 3 is 2.21 bits per heavy atom. The number of phenolic OH excluding ortho intramolecular Hbond substituents is 1. The molecule has 0 radical (unpaired) electrons. The highest BCUT2D eigenvalue weighted by atomic mass is 16.5. The number of amides is 1. The second kappa shape index (κ2) is 8.61. The summed E-state index contributed by atoms with van der Waals surface area (Å²) < 4.78 is 5.54. The standard InChI is InChI=1S/C24H23NO4/c1-15-12-16(2)14-19(13-15)25-23(27)22(18-9-5-4-6-10-18)29-24(28)20-11-7-8-17(3)21(20)26/h4-14,22,26H,1-3H3,(H,25,27). The van der Waals surface area contributed by atoms with Gasteiger partial charge >= 0.3 is 5.97 Å². The van der Waals surface area contributed by atoms with Crippen LogP contribution in [-0.4, -0.2) is 17.0 Å². The molecule has 5 nitrogen and oxygen atoms in total. The summed E-state index contributed by atoms with van der Waals surface area (Å²) in [6.45, 7) is 5.57. The van der Waals surface area contributed by atoms with E-state index in [-0.39, 0.29) is 11.3 Å². The number of rotatable bonds is 5. The van der Waals surface area contributed by atoms with Gasteiger partial charge in [0.2, 0.25) is 6.10 Å². The minimum Gasteiger partial charge on any atom is -0.507 e. The molecule has 3 aromatic carbocycles. The zero-order chi connectivity index (χ0) is 21.0. The molecule has 0 aliphatic carbocycles. The number of carbonyl (C=O) groups is 2. The number of carbonyl (C=O) groups excluding carboxylic acids is 2. The molecule has 148 valence electrons. The van der Waals surface area contributed by atoms with Crippen molar-refractivity contribution >= 4 is 17.6 Å². The second-order valence-corrected chi connectivity index (χ2v) is 7.03. The van der Waals surface area contributed by atoms with E-state index in [1.54, 1.807) is 43.3 Å². The van der Waals surface area contributed by atoms with E-state index >= 15 is 0 Å². The van der Waals surface area contributed by atoms with E-state index in [4.69, 9.17) is 4.74 Å². The highest BCUT2D eigenvalue weighted by Crippen LogP contribution is 2.27. The van der Waals surface area contributed by atoms with Gasteiger partial charge in [-0.1, -0.05) is 48.5 Å². The molecule has 0 aliphatic heterocycles. The van der Waals surface area contributed by atoms with Gasteiger partial charge in [-0.05, 0) is 55.7 Å². The maximum absolute atomic E-state index is 13.0. The molecule has 0 aliphatic rings. The number of para-hydroxylation sites is 1. The Kier molecular flexibility index (Phi) is 5.98. The quantitative estimate of drug-likeness (QED) is 0.612. The Hall–Kier alpha value is -3.60. The fourth-order valence-corrected chi connectivity index (χ4v) is 3.15. The van der Waals surface area contributed by atoms with Crippen LogP contribution in [0, 0.1) is 20.8 Å². The molecule has 29 heavy (non-hydrogen) atoms. The van der Waals surface area contributed by atoms with E-state index in [9.17, 15) is 14.7 Å². The third-order valence-electron chi connectivity index (χ3n) is 4.51. The lowest BCUT2D eigenvalue weighted by Crippen LogP contribution is -2.26. The van der Waals surface area contributed by atoms with Crippen molar-refractivity contribution in [2.45, 2.75) is 26.9 Å². The van der Waals surface area contributed by atoms with Gasteiger partial charge in [0.1, 0.15) is 11.3 Å². The Balaban J connectivity index is 1.89. The SMILES string of the molecule is Cc1cc(C)cc(NC(=O)C(OC(=O)c2cccc(C)c2O)c2ccccc2)c1. The number of hydrogen-bond acceptors (Lipinski definition) is 4. The molecule has 0 saturated carbocycles. The summed E-state index contributed by atoms with van der Waals surface area (Å²) in [6, 6.07) is 19.3. The molecule has 1 atom stereocenters. The average molecular weight is 389 g/mol. The largest absolute Gasteiger partial charge is 0.507 e. The molecule has 1 amide bonds. The first-order valence-corrected chi connectivity index (χ1v) is 9.29. The monoisotopic (exact) mass is 389 g/mol. The number of aromatic hydroxyl groups is 1. The van der Waals surface area contributed by atoms with Gasteiger partial charge in [0.15, 0.2) is 0 Å². The second-order valence-electron chi connectivity index (χ2n) is 7.03. The number of phenols is 1. The van der Waals surface area contributed by atoms with E-state index < -0.39 is 18.0 Å². The van der Waals surface area contributed by atoms with Gasteiger partial charge in [0, 0.05) is 11.3 Å². The molecule has 3 rings (SSSR count). The first kappa shape index (κ1) is 20.1. The van der Waals surface area contributed by atoms with E-state index in [1.807, 2.05) is 38.1 Å². The number of aryl methyl sites for hydroxylation is 3. The molecule has 5 heteroatoms. The molecule has 0 spiro atoms. The van der Waals surface area contributed by atoms with Crippen molar-refractivity contribution in [1.29, 1.82) is 0 Å². The Morgan fingerprint density at radius 2 is 1.55 bits per heavy atom. The number of hydrogen-bond donors (Lipinski definition) is 2. The van der Waals surface area contributed by atoms with Gasteiger partial charge in [0.05, 0.1) is 0 Å². The smallest absolute Gasteiger partial charge is 0.343 e. The predicted molar refractivity (Wildman–Crippen MR) is 112 cm³/mol. The van der Waals surface area contributed by atoms with Crippen molar-refractivity contribution in [2.75, 3.05) is 5.32 Å². The summed E-state index contributed by atoms with van der Waals surface area (Å²) in [5.74, 6) is -1.39. The Morgan fingerprint density at radius 1 is 0.897 bits per heavy atom. The van der Waals surface area contributed by atoms with Gasteiger partial charge in [-0.25, -0.2) is 4.79 Å². The van der Waals surface area contributed by atoms with E-state index in [0.717, 1.165) is 11.1 Å². The summed E-state index contributed by atoms with van der Waals surface area (Å²) in [6.07, 6.45) is -1.16. The van der Waals surface area contributed by atoms with Crippen LogP contribution in [0.25, 0.3) is 0 Å². The van der Waals surface area contributed by atoms with Crippen molar-refractivity contribution in [1.82, 2.24) is 0 Å². The minimum atomic E-state index is -1.16. The number of esters is 1. The first-order chi connectivity index (χ1) is 13.8. The van der Waals surface area contributed by atoms with Crippen LogP contribution in [0.5, 0.6) is 5.75 Å². The lowest BCUT2D eigenvalue weighted by Gasteiger charge is -2.19. The van der Waals surface area contributed by atoms with Gasteiger partial charge in [-0.3, -0.25) is 4.79 Å². The van der Waals surface area contributed by atoms with Crippen LogP contribution in [0.4, 0.5) is 5.69 Å². The molecule has 1 unspecified atom stereocenters. The number of anilines is 1. The fraction of sp³-hybridized carbons (Fsp3) is 0.167. The zero-order valence-electron chi connectivity index (χ0n) is 16.6. The molecule has 0 aromatic heterocycles. The van der Waals surface area contributed by atoms with Crippen LogP contribution in [0.1, 0.15) is 38.7 Å². The normalized spacial score (nSPS) is 11.6. The Bertz CT molecular complexity index is 1020. The van der Waals surface area contributed by atoms with Gasteiger partial charge < -0.3 is 15.2 Å².